The predicted molar refractivity (Wildman–Crippen MR) is 70.7 cm³/mol. The van der Waals surface area contributed by atoms with Gasteiger partial charge in [-0.15, -0.1) is 0 Å². The van der Waals surface area contributed by atoms with Gasteiger partial charge in [-0.1, -0.05) is 12.2 Å². The van der Waals surface area contributed by atoms with Gasteiger partial charge in [-0.05, 0) is 39.3 Å². The Morgan fingerprint density at radius 1 is 1.33 bits per heavy atom. The quantitative estimate of drug-likeness (QED) is 0.562. The summed E-state index contributed by atoms with van der Waals surface area (Å²) in [7, 11) is 0. The number of carbonyl (C=O) groups is 1. The highest BCUT2D eigenvalue weighted by Gasteiger charge is 2.24. The summed E-state index contributed by atoms with van der Waals surface area (Å²) in [6, 6.07) is 5.47. The first-order valence-corrected chi connectivity index (χ1v) is 6.12. The van der Waals surface area contributed by atoms with Gasteiger partial charge in [0.15, 0.2) is 0 Å². The third-order valence-corrected chi connectivity index (χ3v) is 2.65. The number of hydrogen-bond donors (Lipinski definition) is 0. The Balaban J connectivity index is 2.19. The summed E-state index contributed by atoms with van der Waals surface area (Å²) in [5.41, 5.74) is 0.510. The van der Waals surface area contributed by atoms with Gasteiger partial charge in [0.1, 0.15) is 11.5 Å². The summed E-state index contributed by atoms with van der Waals surface area (Å²) in [6.07, 6.45) is 5.00. The molecule has 3 heteroatoms. The van der Waals surface area contributed by atoms with Crippen molar-refractivity contribution in [2.45, 2.75) is 27.2 Å². The summed E-state index contributed by atoms with van der Waals surface area (Å²) in [6.45, 7) is 6.15. The number of rotatable bonds is 1. The van der Waals surface area contributed by atoms with E-state index in [-0.39, 0.29) is 5.97 Å². The second-order valence-corrected chi connectivity index (χ2v) is 5.38. The average Bonchev–Trinajstić information content (AvgIpc) is 2.52. The lowest BCUT2D eigenvalue weighted by Gasteiger charge is -2.17. The van der Waals surface area contributed by atoms with Gasteiger partial charge in [0.2, 0.25) is 0 Å². The molecule has 1 aliphatic heterocycles. The zero-order valence-corrected chi connectivity index (χ0v) is 11.0. The average molecular weight is 246 g/mol. The number of fused-ring (bicyclic) bond motifs is 1. The Labute approximate surface area is 107 Å². The van der Waals surface area contributed by atoms with E-state index in [4.69, 9.17) is 9.47 Å². The van der Waals surface area contributed by atoms with Crippen molar-refractivity contribution in [1.82, 2.24) is 0 Å². The van der Waals surface area contributed by atoms with Crippen LogP contribution >= 0.6 is 0 Å². The van der Waals surface area contributed by atoms with E-state index in [1.165, 1.54) is 0 Å². The number of benzene rings is 1. The summed E-state index contributed by atoms with van der Waals surface area (Å²) in [5.74, 6) is 1.05. The molecule has 2 rings (SSSR count). The molecule has 0 atom stereocenters. The summed E-state index contributed by atoms with van der Waals surface area (Å²) < 4.78 is 10.9. The maximum absolute atomic E-state index is 11.8. The molecule has 1 heterocycles. The van der Waals surface area contributed by atoms with E-state index < -0.39 is 5.41 Å². The molecule has 1 aromatic carbocycles. The number of carbonyl (C=O) groups excluding carboxylic acids is 1. The lowest BCUT2D eigenvalue weighted by molar-refractivity contribution is -0.142. The van der Waals surface area contributed by atoms with E-state index in [2.05, 4.69) is 6.08 Å². The molecule has 0 saturated heterocycles. The first-order valence-electron chi connectivity index (χ1n) is 6.12. The van der Waals surface area contributed by atoms with Gasteiger partial charge in [-0.25, -0.2) is 0 Å². The van der Waals surface area contributed by atoms with Gasteiger partial charge in [0.05, 0.1) is 12.0 Å². The summed E-state index contributed by atoms with van der Waals surface area (Å²) in [5, 5.41) is 0. The topological polar surface area (TPSA) is 35.5 Å². The van der Waals surface area contributed by atoms with Crippen LogP contribution in [0, 0.1) is 5.41 Å². The van der Waals surface area contributed by atoms with Crippen LogP contribution in [-0.2, 0) is 4.79 Å². The van der Waals surface area contributed by atoms with Crippen LogP contribution in [0.15, 0.2) is 24.3 Å². The lowest BCUT2D eigenvalue weighted by Crippen LogP contribution is -2.25. The van der Waals surface area contributed by atoms with E-state index >= 15 is 0 Å². The molecular weight excluding hydrogens is 228 g/mol. The fourth-order valence-corrected chi connectivity index (χ4v) is 1.55. The molecule has 0 N–H and O–H groups in total. The molecule has 0 amide bonds. The molecule has 1 aliphatic rings. The molecule has 0 aromatic heterocycles. The van der Waals surface area contributed by atoms with E-state index in [1.54, 1.807) is 12.1 Å². The second-order valence-electron chi connectivity index (χ2n) is 5.38. The minimum atomic E-state index is -0.506. The van der Waals surface area contributed by atoms with Crippen LogP contribution in [0.2, 0.25) is 0 Å². The fraction of sp³-hybridized carbons (Fsp3) is 0.400. The summed E-state index contributed by atoms with van der Waals surface area (Å²) >= 11 is 0. The van der Waals surface area contributed by atoms with E-state index in [1.807, 2.05) is 32.9 Å². The standard InChI is InChI=1S/C15H18O3/c1-15(2,3)14(16)18-12-8-7-11-6-4-5-9-17-13(11)10-12/h4,6-8,10H,5,9H2,1-3H3. The number of esters is 1. The van der Waals surface area contributed by atoms with E-state index in [0.29, 0.717) is 12.4 Å². The van der Waals surface area contributed by atoms with Crippen molar-refractivity contribution < 1.29 is 14.3 Å². The molecule has 0 unspecified atom stereocenters. The Hall–Kier alpha value is -1.77. The normalized spacial score (nSPS) is 14.4. The fourth-order valence-electron chi connectivity index (χ4n) is 1.55. The van der Waals surface area contributed by atoms with Crippen LogP contribution in [0.1, 0.15) is 32.8 Å². The minimum absolute atomic E-state index is 0.244. The molecule has 0 bridgehead atoms. The smallest absolute Gasteiger partial charge is 0.316 e. The predicted octanol–water partition coefficient (Wildman–Crippen LogP) is 3.43. The molecule has 0 spiro atoms. The Morgan fingerprint density at radius 2 is 2.11 bits per heavy atom. The van der Waals surface area contributed by atoms with Crippen LogP contribution in [0.3, 0.4) is 0 Å². The largest absolute Gasteiger partial charge is 0.493 e. The maximum Gasteiger partial charge on any atom is 0.316 e. The van der Waals surface area contributed by atoms with Gasteiger partial charge in [0.25, 0.3) is 0 Å². The van der Waals surface area contributed by atoms with Gasteiger partial charge in [-0.3, -0.25) is 4.79 Å². The molecule has 18 heavy (non-hydrogen) atoms. The van der Waals surface area contributed by atoms with Crippen LogP contribution in [-0.4, -0.2) is 12.6 Å². The summed E-state index contributed by atoms with van der Waals surface area (Å²) in [4.78, 5) is 11.8. The molecule has 1 aromatic rings. The molecule has 3 nitrogen and oxygen atoms in total. The first kappa shape index (κ1) is 12.7. The molecule has 0 aliphatic carbocycles. The van der Waals surface area contributed by atoms with Crippen molar-refractivity contribution in [1.29, 1.82) is 0 Å². The van der Waals surface area contributed by atoms with Gasteiger partial charge in [-0.2, -0.15) is 0 Å². The maximum atomic E-state index is 11.8. The highest BCUT2D eigenvalue weighted by atomic mass is 16.5. The second kappa shape index (κ2) is 4.84. The van der Waals surface area contributed by atoms with Crippen molar-refractivity contribution in [3.63, 3.8) is 0 Å². The van der Waals surface area contributed by atoms with Crippen LogP contribution in [0.25, 0.3) is 6.08 Å². The lowest BCUT2D eigenvalue weighted by atomic mass is 9.97. The Kier molecular flexibility index (Phi) is 3.41. The van der Waals surface area contributed by atoms with Crippen LogP contribution in [0.4, 0.5) is 0 Å². The first-order chi connectivity index (χ1) is 8.47. The van der Waals surface area contributed by atoms with Crippen molar-refractivity contribution in [3.8, 4) is 11.5 Å². The third kappa shape index (κ3) is 2.92. The number of ether oxygens (including phenoxy) is 2. The molecule has 96 valence electrons. The monoisotopic (exact) mass is 246 g/mol. The zero-order valence-electron chi connectivity index (χ0n) is 11.0. The highest BCUT2D eigenvalue weighted by molar-refractivity contribution is 5.78. The van der Waals surface area contributed by atoms with Crippen LogP contribution < -0.4 is 9.47 Å². The molecule has 0 saturated carbocycles. The van der Waals surface area contributed by atoms with Crippen molar-refractivity contribution in [2.24, 2.45) is 5.41 Å². The van der Waals surface area contributed by atoms with Gasteiger partial charge in [0, 0.05) is 11.6 Å². The van der Waals surface area contributed by atoms with E-state index in [0.717, 1.165) is 17.7 Å². The zero-order chi connectivity index (χ0) is 13.2. The van der Waals surface area contributed by atoms with Crippen molar-refractivity contribution in [2.75, 3.05) is 6.61 Å². The number of hydrogen-bond acceptors (Lipinski definition) is 3. The molecule has 0 fully saturated rings. The molecular formula is C15H18O3. The third-order valence-electron chi connectivity index (χ3n) is 2.65. The Bertz CT molecular complexity index is 481. The SMILES string of the molecule is CC(C)(C)C(=O)Oc1ccc2c(c1)OCCC=C2. The Morgan fingerprint density at radius 3 is 2.83 bits per heavy atom. The van der Waals surface area contributed by atoms with Gasteiger partial charge >= 0.3 is 5.97 Å². The van der Waals surface area contributed by atoms with Crippen LogP contribution in [0.5, 0.6) is 11.5 Å². The van der Waals surface area contributed by atoms with E-state index in [9.17, 15) is 4.79 Å². The van der Waals surface area contributed by atoms with Crippen molar-refractivity contribution >= 4 is 12.0 Å². The van der Waals surface area contributed by atoms with Gasteiger partial charge < -0.3 is 9.47 Å². The van der Waals surface area contributed by atoms with Crippen molar-refractivity contribution in [3.05, 3.63) is 29.8 Å². The molecule has 0 radical (unpaired) electrons. The highest BCUT2D eigenvalue weighted by Crippen LogP contribution is 2.29. The minimum Gasteiger partial charge on any atom is -0.493 e.